The molecule has 3 amide bonds. The van der Waals surface area contributed by atoms with Gasteiger partial charge < -0.3 is 29.6 Å². The summed E-state index contributed by atoms with van der Waals surface area (Å²) in [4.78, 5) is 62.9. The molecule has 1 aromatic heterocycles. The van der Waals surface area contributed by atoms with Crippen LogP contribution < -0.4 is 5.32 Å². The van der Waals surface area contributed by atoms with Crippen LogP contribution in [0.1, 0.15) is 60.5 Å². The van der Waals surface area contributed by atoms with Crippen LogP contribution in [0.25, 0.3) is 10.1 Å². The molecule has 0 saturated carbocycles. The van der Waals surface area contributed by atoms with Gasteiger partial charge >= 0.3 is 13.3 Å². The fraction of sp³-hybridized carbons (Fsp3) is 0.452. The highest BCUT2D eigenvalue weighted by Gasteiger charge is 2.50. The monoisotopic (exact) mass is 697 g/mol. The Labute approximate surface area is 273 Å². The van der Waals surface area contributed by atoms with Crippen LogP contribution in [-0.4, -0.2) is 75.6 Å². The van der Waals surface area contributed by atoms with E-state index in [0.717, 1.165) is 29.0 Å². The molecule has 2 aliphatic rings. The fourth-order valence-electron chi connectivity index (χ4n) is 5.78. The van der Waals surface area contributed by atoms with Crippen molar-refractivity contribution in [2.45, 2.75) is 57.5 Å². The van der Waals surface area contributed by atoms with E-state index >= 15 is 0 Å². The van der Waals surface area contributed by atoms with Crippen LogP contribution in [0.3, 0.4) is 0 Å². The van der Waals surface area contributed by atoms with E-state index in [-0.39, 0.29) is 22.3 Å². The van der Waals surface area contributed by atoms with Crippen LogP contribution in [0.4, 0.5) is 8.78 Å². The summed E-state index contributed by atoms with van der Waals surface area (Å²) in [6.45, 7) is 6.74. The number of carbonyl (C=O) groups excluding carboxylic acids is 3. The molecule has 0 spiro atoms. The van der Waals surface area contributed by atoms with Gasteiger partial charge in [0.25, 0.3) is 5.91 Å². The lowest BCUT2D eigenvalue weighted by Gasteiger charge is -2.38. The number of ether oxygens (including phenoxy) is 1. The SMILES string of the molecule is CC(C)(C)[C@H](NC(=O)c1cc2cc(C(F)(F)P(=O)(O)O)ccc2s1)C(=O)N1CCC[C@H]1C(=O)N1CCOC(c2cccc(Cl)c2)C1. The van der Waals surface area contributed by atoms with Crippen LogP contribution in [-0.2, 0) is 24.6 Å². The summed E-state index contributed by atoms with van der Waals surface area (Å²) >= 11 is 7.15. The van der Waals surface area contributed by atoms with Crippen molar-refractivity contribution >= 4 is 58.3 Å². The first-order valence-corrected chi connectivity index (χ1v) is 17.5. The zero-order valence-corrected chi connectivity index (χ0v) is 27.9. The first kappa shape index (κ1) is 34.4. The molecule has 46 heavy (non-hydrogen) atoms. The minimum absolute atomic E-state index is 0.128. The van der Waals surface area contributed by atoms with Gasteiger partial charge in [-0.1, -0.05) is 50.6 Å². The lowest BCUT2D eigenvalue weighted by molar-refractivity contribution is -0.150. The zero-order valence-electron chi connectivity index (χ0n) is 25.4. The predicted molar refractivity (Wildman–Crippen MR) is 170 cm³/mol. The summed E-state index contributed by atoms with van der Waals surface area (Å²) < 4.78 is 46.3. The number of benzene rings is 2. The Kier molecular flexibility index (Phi) is 9.67. The molecule has 3 atom stereocenters. The number of nitrogens with one attached hydrogen (secondary N) is 1. The van der Waals surface area contributed by atoms with Crippen molar-refractivity contribution in [1.82, 2.24) is 15.1 Å². The molecule has 2 saturated heterocycles. The average molecular weight is 698 g/mol. The predicted octanol–water partition coefficient (Wildman–Crippen LogP) is 5.52. The van der Waals surface area contributed by atoms with E-state index in [9.17, 15) is 27.7 Å². The first-order valence-electron chi connectivity index (χ1n) is 14.7. The van der Waals surface area contributed by atoms with Crippen molar-refractivity contribution in [2.24, 2.45) is 5.41 Å². The van der Waals surface area contributed by atoms with Crippen LogP contribution in [0.2, 0.25) is 5.02 Å². The van der Waals surface area contributed by atoms with E-state index in [1.54, 1.807) is 37.8 Å². The maximum Gasteiger partial charge on any atom is 0.399 e. The van der Waals surface area contributed by atoms with Crippen molar-refractivity contribution in [2.75, 3.05) is 26.2 Å². The average Bonchev–Trinajstić information content (AvgIpc) is 3.65. The molecule has 0 radical (unpaired) electrons. The molecule has 3 aromatic rings. The summed E-state index contributed by atoms with van der Waals surface area (Å²) in [5.41, 5.74) is -5.16. The van der Waals surface area contributed by atoms with Gasteiger partial charge in [0.2, 0.25) is 11.8 Å². The number of fused-ring (bicyclic) bond motifs is 1. The third kappa shape index (κ3) is 7.00. The highest BCUT2D eigenvalue weighted by atomic mass is 35.5. The minimum atomic E-state index is -5.77. The number of nitrogens with zero attached hydrogens (tertiary/aromatic N) is 2. The zero-order chi connectivity index (χ0) is 33.6. The van der Waals surface area contributed by atoms with Crippen molar-refractivity contribution in [3.05, 3.63) is 69.6 Å². The number of thiophene rings is 1. The summed E-state index contributed by atoms with van der Waals surface area (Å²) in [6, 6.07) is 10.0. The largest absolute Gasteiger partial charge is 0.399 e. The fourth-order valence-corrected chi connectivity index (χ4v) is 7.40. The second-order valence-electron chi connectivity index (χ2n) is 12.6. The molecule has 2 aromatic carbocycles. The molecule has 10 nitrogen and oxygen atoms in total. The first-order chi connectivity index (χ1) is 21.5. The molecule has 0 aliphatic carbocycles. The van der Waals surface area contributed by atoms with Gasteiger partial charge in [-0.25, -0.2) is 0 Å². The molecule has 3 N–H and O–H groups in total. The number of rotatable bonds is 7. The Hall–Kier alpha value is -2.93. The topological polar surface area (TPSA) is 136 Å². The van der Waals surface area contributed by atoms with Crippen molar-refractivity contribution < 1.29 is 42.3 Å². The molecule has 5 rings (SSSR count). The van der Waals surface area contributed by atoms with Gasteiger partial charge in [-0.15, -0.1) is 11.3 Å². The number of likely N-dealkylation sites (tertiary alicyclic amines) is 1. The molecule has 1 unspecified atom stereocenters. The summed E-state index contributed by atoms with van der Waals surface area (Å²) in [5, 5.41) is 3.57. The highest BCUT2D eigenvalue weighted by molar-refractivity contribution is 7.52. The second-order valence-corrected chi connectivity index (χ2v) is 15.8. The summed E-state index contributed by atoms with van der Waals surface area (Å²) in [6.07, 6.45) is 0.739. The Balaban J connectivity index is 1.32. The van der Waals surface area contributed by atoms with Gasteiger partial charge in [-0.2, -0.15) is 8.78 Å². The van der Waals surface area contributed by atoms with Crippen LogP contribution >= 0.6 is 30.5 Å². The number of hydrogen-bond acceptors (Lipinski definition) is 6. The third-order valence-electron chi connectivity index (χ3n) is 8.26. The molecule has 248 valence electrons. The Morgan fingerprint density at radius 3 is 2.52 bits per heavy atom. The van der Waals surface area contributed by atoms with Crippen molar-refractivity contribution in [3.63, 3.8) is 0 Å². The lowest BCUT2D eigenvalue weighted by Crippen LogP contribution is -2.58. The van der Waals surface area contributed by atoms with Gasteiger partial charge in [0.05, 0.1) is 18.0 Å². The van der Waals surface area contributed by atoms with Gasteiger partial charge in [0, 0.05) is 28.4 Å². The normalized spacial score (nSPS) is 20.2. The Bertz CT molecular complexity index is 1710. The summed E-state index contributed by atoms with van der Waals surface area (Å²) in [7, 11) is -5.77. The minimum Gasteiger partial charge on any atom is -0.370 e. The van der Waals surface area contributed by atoms with E-state index in [1.165, 1.54) is 17.0 Å². The molecular weight excluding hydrogens is 663 g/mol. The maximum atomic E-state index is 14.3. The Morgan fingerprint density at radius 2 is 1.85 bits per heavy atom. The van der Waals surface area contributed by atoms with E-state index in [4.69, 9.17) is 26.1 Å². The smallest absolute Gasteiger partial charge is 0.370 e. The third-order valence-corrected chi connectivity index (χ3v) is 10.6. The highest BCUT2D eigenvalue weighted by Crippen LogP contribution is 2.59. The number of amides is 3. The molecular formula is C31H35ClF2N3O7PS. The molecule has 2 aliphatic heterocycles. The van der Waals surface area contributed by atoms with Crippen LogP contribution in [0.5, 0.6) is 0 Å². The standard InChI is InChI=1S/C31H35ClF2N3O7PS/c1-30(2,3)26(35-27(38)25-16-19-14-20(9-10-24(19)46-25)31(33,34)45(41,42)43)29(40)37-11-5-8-22(37)28(39)36-12-13-44-23(17-36)18-6-4-7-21(32)15-18/h4,6-7,9-10,14-16,22-23,26H,5,8,11-13,17H2,1-3H3,(H,35,38)(H2,41,42,43)/t22-,23?,26+/m0/s1. The van der Waals surface area contributed by atoms with E-state index in [1.807, 2.05) is 12.1 Å². The molecule has 15 heteroatoms. The van der Waals surface area contributed by atoms with E-state index < -0.39 is 48.1 Å². The number of carbonyl (C=O) groups is 3. The second kappa shape index (κ2) is 12.9. The van der Waals surface area contributed by atoms with Gasteiger partial charge in [-0.05, 0) is 59.5 Å². The number of hydrogen-bond donors (Lipinski definition) is 3. The molecule has 0 bridgehead atoms. The number of morpholine rings is 1. The van der Waals surface area contributed by atoms with Crippen molar-refractivity contribution in [3.8, 4) is 0 Å². The Morgan fingerprint density at radius 1 is 1.11 bits per heavy atom. The number of halogens is 3. The molecule has 2 fully saturated rings. The van der Waals surface area contributed by atoms with Crippen molar-refractivity contribution in [1.29, 1.82) is 0 Å². The van der Waals surface area contributed by atoms with Crippen LogP contribution in [0.15, 0.2) is 48.5 Å². The quantitative estimate of drug-likeness (QED) is 0.277. The molecule has 3 heterocycles. The van der Waals surface area contributed by atoms with E-state index in [2.05, 4.69) is 5.32 Å². The van der Waals surface area contributed by atoms with Gasteiger partial charge in [-0.3, -0.25) is 18.9 Å². The number of alkyl halides is 2. The van der Waals surface area contributed by atoms with Gasteiger partial charge in [0.1, 0.15) is 18.2 Å². The van der Waals surface area contributed by atoms with Crippen LogP contribution in [0, 0.1) is 5.41 Å². The van der Waals surface area contributed by atoms with Gasteiger partial charge in [0.15, 0.2) is 0 Å². The van der Waals surface area contributed by atoms with E-state index in [0.29, 0.717) is 48.8 Å². The summed E-state index contributed by atoms with van der Waals surface area (Å²) in [5.74, 6) is -1.20. The maximum absolute atomic E-state index is 14.3. The lowest BCUT2D eigenvalue weighted by atomic mass is 9.85.